The van der Waals surface area contributed by atoms with E-state index in [-0.39, 0.29) is 0 Å². The molecule has 16 heavy (non-hydrogen) atoms. The maximum absolute atomic E-state index is 11.0. The zero-order valence-corrected chi connectivity index (χ0v) is 9.40. The van der Waals surface area contributed by atoms with Gasteiger partial charge in [0.2, 0.25) is 0 Å². The van der Waals surface area contributed by atoms with E-state index in [1.165, 1.54) is 5.56 Å². The maximum atomic E-state index is 11.0. The zero-order chi connectivity index (χ0) is 11.6. The third-order valence-electron chi connectivity index (χ3n) is 3.36. The van der Waals surface area contributed by atoms with Crippen LogP contribution in [-0.2, 0) is 11.2 Å². The van der Waals surface area contributed by atoms with Crippen molar-refractivity contribution in [2.45, 2.75) is 25.7 Å². The lowest BCUT2D eigenvalue weighted by Gasteiger charge is -2.09. The van der Waals surface area contributed by atoms with E-state index in [1.54, 1.807) is 7.11 Å². The minimum atomic E-state index is -0.638. The van der Waals surface area contributed by atoms with Crippen LogP contribution < -0.4 is 4.74 Å². The second-order valence-electron chi connectivity index (χ2n) is 4.43. The first-order valence-corrected chi connectivity index (χ1v) is 5.53. The molecule has 0 aromatic heterocycles. The van der Waals surface area contributed by atoms with E-state index in [1.807, 2.05) is 24.3 Å². The van der Waals surface area contributed by atoms with Crippen molar-refractivity contribution in [1.82, 2.24) is 0 Å². The number of carboxylic acids is 1. The molecule has 0 saturated heterocycles. The molecule has 86 valence electrons. The molecule has 0 unspecified atom stereocenters. The lowest BCUT2D eigenvalue weighted by molar-refractivity contribution is -0.143. The molecule has 1 aliphatic rings. The number of rotatable bonds is 5. The van der Waals surface area contributed by atoms with Crippen LogP contribution in [0, 0.1) is 5.41 Å². The van der Waals surface area contributed by atoms with Gasteiger partial charge in [-0.3, -0.25) is 4.79 Å². The van der Waals surface area contributed by atoms with Crippen molar-refractivity contribution < 1.29 is 14.6 Å². The van der Waals surface area contributed by atoms with Crippen molar-refractivity contribution in [3.05, 3.63) is 29.8 Å². The number of aliphatic carboxylic acids is 1. The topological polar surface area (TPSA) is 46.5 Å². The number of benzene rings is 1. The normalized spacial score (nSPS) is 16.8. The molecule has 1 aliphatic carbocycles. The average molecular weight is 220 g/mol. The van der Waals surface area contributed by atoms with Gasteiger partial charge >= 0.3 is 5.97 Å². The van der Waals surface area contributed by atoms with Crippen molar-refractivity contribution in [2.24, 2.45) is 5.41 Å². The van der Waals surface area contributed by atoms with E-state index in [4.69, 9.17) is 9.84 Å². The highest BCUT2D eigenvalue weighted by Crippen LogP contribution is 2.49. The van der Waals surface area contributed by atoms with Crippen LogP contribution in [0.3, 0.4) is 0 Å². The Balaban J connectivity index is 1.92. The zero-order valence-electron chi connectivity index (χ0n) is 9.40. The minimum Gasteiger partial charge on any atom is -0.497 e. The van der Waals surface area contributed by atoms with Crippen LogP contribution in [0.1, 0.15) is 24.8 Å². The summed E-state index contributed by atoms with van der Waals surface area (Å²) in [7, 11) is 1.64. The summed E-state index contributed by atoms with van der Waals surface area (Å²) >= 11 is 0. The van der Waals surface area contributed by atoms with E-state index in [0.29, 0.717) is 0 Å². The van der Waals surface area contributed by atoms with E-state index in [9.17, 15) is 4.79 Å². The van der Waals surface area contributed by atoms with Crippen molar-refractivity contribution >= 4 is 5.97 Å². The number of carbonyl (C=O) groups is 1. The van der Waals surface area contributed by atoms with Crippen LogP contribution >= 0.6 is 0 Å². The first-order valence-electron chi connectivity index (χ1n) is 5.53. The third-order valence-corrected chi connectivity index (χ3v) is 3.36. The van der Waals surface area contributed by atoms with Crippen molar-refractivity contribution in [3.8, 4) is 5.75 Å². The Hall–Kier alpha value is -1.51. The predicted molar refractivity (Wildman–Crippen MR) is 60.6 cm³/mol. The summed E-state index contributed by atoms with van der Waals surface area (Å²) in [4.78, 5) is 11.0. The van der Waals surface area contributed by atoms with Gasteiger partial charge in [0.05, 0.1) is 12.5 Å². The van der Waals surface area contributed by atoms with Crippen molar-refractivity contribution in [3.63, 3.8) is 0 Å². The number of hydrogen-bond donors (Lipinski definition) is 1. The van der Waals surface area contributed by atoms with Gasteiger partial charge < -0.3 is 9.84 Å². The number of carboxylic acid groups (broad SMARTS) is 1. The van der Waals surface area contributed by atoms with Crippen LogP contribution in [-0.4, -0.2) is 18.2 Å². The molecule has 0 heterocycles. The standard InChI is InChI=1S/C13H16O3/c1-16-11-4-2-10(3-5-11)6-7-13(8-9-13)12(14)15/h2-5H,6-9H2,1H3,(H,14,15). The molecule has 1 N–H and O–H groups in total. The molecule has 0 spiro atoms. The second kappa shape index (κ2) is 4.16. The Morgan fingerprint density at radius 2 is 2.00 bits per heavy atom. The van der Waals surface area contributed by atoms with E-state index < -0.39 is 11.4 Å². The first-order chi connectivity index (χ1) is 7.66. The SMILES string of the molecule is COc1ccc(CCC2(C(=O)O)CC2)cc1. The molecule has 2 rings (SSSR count). The molecule has 0 bridgehead atoms. The monoisotopic (exact) mass is 220 g/mol. The fourth-order valence-electron chi connectivity index (χ4n) is 1.90. The minimum absolute atomic E-state index is 0.417. The lowest BCUT2D eigenvalue weighted by atomic mass is 9.97. The van der Waals surface area contributed by atoms with Gasteiger partial charge in [0.1, 0.15) is 5.75 Å². The second-order valence-corrected chi connectivity index (χ2v) is 4.43. The number of ether oxygens (including phenoxy) is 1. The summed E-state index contributed by atoms with van der Waals surface area (Å²) in [6.45, 7) is 0. The van der Waals surface area contributed by atoms with Gasteiger partial charge in [-0.1, -0.05) is 12.1 Å². The van der Waals surface area contributed by atoms with Gasteiger partial charge in [0.15, 0.2) is 0 Å². The van der Waals surface area contributed by atoms with Crippen molar-refractivity contribution in [1.29, 1.82) is 0 Å². The van der Waals surface area contributed by atoms with Crippen LogP contribution in [0.5, 0.6) is 5.75 Å². The molecule has 1 aromatic rings. The highest BCUT2D eigenvalue weighted by molar-refractivity contribution is 5.77. The summed E-state index contributed by atoms with van der Waals surface area (Å²) in [6.07, 6.45) is 3.24. The van der Waals surface area contributed by atoms with E-state index in [2.05, 4.69) is 0 Å². The van der Waals surface area contributed by atoms with Crippen LogP contribution in [0.25, 0.3) is 0 Å². The Morgan fingerprint density at radius 1 is 1.38 bits per heavy atom. The molecule has 1 aromatic carbocycles. The fraction of sp³-hybridized carbons (Fsp3) is 0.462. The maximum Gasteiger partial charge on any atom is 0.309 e. The van der Waals surface area contributed by atoms with Gasteiger partial charge in [-0.05, 0) is 43.4 Å². The van der Waals surface area contributed by atoms with Crippen LogP contribution in [0.2, 0.25) is 0 Å². The summed E-state index contributed by atoms with van der Waals surface area (Å²) in [6, 6.07) is 7.82. The summed E-state index contributed by atoms with van der Waals surface area (Å²) in [5.74, 6) is 0.198. The first kappa shape index (κ1) is 11.0. The van der Waals surface area contributed by atoms with E-state index in [0.717, 1.165) is 31.4 Å². The van der Waals surface area contributed by atoms with Crippen molar-refractivity contribution in [2.75, 3.05) is 7.11 Å². The molecule has 1 saturated carbocycles. The fourth-order valence-corrected chi connectivity index (χ4v) is 1.90. The van der Waals surface area contributed by atoms with Gasteiger partial charge in [0, 0.05) is 0 Å². The third kappa shape index (κ3) is 2.18. The highest BCUT2D eigenvalue weighted by Gasteiger charge is 2.49. The van der Waals surface area contributed by atoms with Crippen LogP contribution in [0.15, 0.2) is 24.3 Å². The average Bonchev–Trinajstić information content (AvgIpc) is 3.08. The Morgan fingerprint density at radius 3 is 2.44 bits per heavy atom. The number of aryl methyl sites for hydroxylation is 1. The Kier molecular flexibility index (Phi) is 2.86. The van der Waals surface area contributed by atoms with Crippen LogP contribution in [0.4, 0.5) is 0 Å². The molecule has 3 nitrogen and oxygen atoms in total. The summed E-state index contributed by atoms with van der Waals surface area (Å²) in [5.41, 5.74) is 0.758. The lowest BCUT2D eigenvalue weighted by Crippen LogP contribution is -2.15. The smallest absolute Gasteiger partial charge is 0.309 e. The number of methoxy groups -OCH3 is 1. The Bertz CT molecular complexity index is 377. The summed E-state index contributed by atoms with van der Waals surface area (Å²) in [5, 5.41) is 9.04. The molecule has 0 amide bonds. The largest absolute Gasteiger partial charge is 0.497 e. The molecule has 3 heteroatoms. The summed E-state index contributed by atoms with van der Waals surface area (Å²) < 4.78 is 5.07. The van der Waals surface area contributed by atoms with Gasteiger partial charge in [-0.2, -0.15) is 0 Å². The molecular formula is C13H16O3. The van der Waals surface area contributed by atoms with Gasteiger partial charge in [-0.15, -0.1) is 0 Å². The van der Waals surface area contributed by atoms with Gasteiger partial charge in [0.25, 0.3) is 0 Å². The highest BCUT2D eigenvalue weighted by atomic mass is 16.5. The number of hydrogen-bond acceptors (Lipinski definition) is 2. The quantitative estimate of drug-likeness (QED) is 0.829. The molecular weight excluding hydrogens is 204 g/mol. The van der Waals surface area contributed by atoms with Gasteiger partial charge in [-0.25, -0.2) is 0 Å². The molecule has 1 fully saturated rings. The molecule has 0 atom stereocenters. The molecule has 0 aliphatic heterocycles. The predicted octanol–water partition coefficient (Wildman–Crippen LogP) is 2.49. The van der Waals surface area contributed by atoms with E-state index >= 15 is 0 Å². The Labute approximate surface area is 95.0 Å². The molecule has 0 radical (unpaired) electrons.